The maximum Gasteiger partial charge on any atom is 0.417 e. The smallest absolute Gasteiger partial charge is 0.352 e. The van der Waals surface area contributed by atoms with E-state index < -0.39 is 11.7 Å². The Labute approximate surface area is 151 Å². The average molecular weight is 387 g/mol. The predicted octanol–water partition coefficient (Wildman–Crippen LogP) is 2.40. The number of piperazine rings is 1. The molecule has 1 saturated heterocycles. The standard InChI is InChI=1S/C16H14ClF3N4O2/c17-12-7-11(16(18,19)20)9-22-14(12)23-3-5-24(6-4-23)15(26)10-1-2-13(25)21-8-10/h1-2,7-9H,3-6H2,(H,21,25). The molecule has 6 nitrogen and oxygen atoms in total. The van der Waals surface area contributed by atoms with Gasteiger partial charge in [-0.05, 0) is 12.1 Å². The van der Waals surface area contributed by atoms with Gasteiger partial charge in [-0.3, -0.25) is 9.59 Å². The molecule has 1 amide bonds. The molecule has 0 bridgehead atoms. The van der Waals surface area contributed by atoms with Gasteiger partial charge in [-0.15, -0.1) is 0 Å². The van der Waals surface area contributed by atoms with Crippen LogP contribution >= 0.6 is 11.6 Å². The van der Waals surface area contributed by atoms with Crippen molar-refractivity contribution in [3.8, 4) is 0 Å². The minimum atomic E-state index is -4.50. The number of carbonyl (C=O) groups is 1. The van der Waals surface area contributed by atoms with Gasteiger partial charge in [-0.1, -0.05) is 11.6 Å². The Hall–Kier alpha value is -2.55. The molecule has 0 spiro atoms. The summed E-state index contributed by atoms with van der Waals surface area (Å²) in [6, 6.07) is 3.57. The fourth-order valence-corrected chi connectivity index (χ4v) is 2.95. The third kappa shape index (κ3) is 3.82. The van der Waals surface area contributed by atoms with Crippen LogP contribution < -0.4 is 10.5 Å². The monoisotopic (exact) mass is 386 g/mol. The first-order chi connectivity index (χ1) is 12.3. The third-order valence-electron chi connectivity index (χ3n) is 4.05. The number of rotatable bonds is 2. The highest BCUT2D eigenvalue weighted by molar-refractivity contribution is 6.33. The molecule has 3 rings (SSSR count). The van der Waals surface area contributed by atoms with E-state index in [1.165, 1.54) is 18.3 Å². The van der Waals surface area contributed by atoms with Crippen LogP contribution in [0.4, 0.5) is 19.0 Å². The van der Waals surface area contributed by atoms with Crippen LogP contribution in [-0.4, -0.2) is 47.0 Å². The summed E-state index contributed by atoms with van der Waals surface area (Å²) in [6.07, 6.45) is -2.40. The normalized spacial score (nSPS) is 15.2. The summed E-state index contributed by atoms with van der Waals surface area (Å²) in [5, 5.41) is -0.0831. The summed E-state index contributed by atoms with van der Waals surface area (Å²) in [5.74, 6) is 0.0307. The number of amides is 1. The summed E-state index contributed by atoms with van der Waals surface area (Å²) in [7, 11) is 0. The van der Waals surface area contributed by atoms with E-state index in [1.54, 1.807) is 9.80 Å². The number of nitrogens with one attached hydrogen (secondary N) is 1. The van der Waals surface area contributed by atoms with Crippen molar-refractivity contribution in [1.82, 2.24) is 14.9 Å². The number of hydrogen-bond donors (Lipinski definition) is 1. The predicted molar refractivity (Wildman–Crippen MR) is 89.4 cm³/mol. The summed E-state index contributed by atoms with van der Waals surface area (Å²) in [6.45, 7) is 1.48. The molecule has 2 aromatic heterocycles. The molecule has 1 fully saturated rings. The lowest BCUT2D eigenvalue weighted by atomic mass is 10.2. The number of hydrogen-bond acceptors (Lipinski definition) is 4. The Morgan fingerprint density at radius 2 is 1.88 bits per heavy atom. The number of anilines is 1. The molecule has 0 unspecified atom stereocenters. The van der Waals surface area contributed by atoms with Gasteiger partial charge in [0.25, 0.3) is 5.91 Å². The van der Waals surface area contributed by atoms with E-state index in [0.29, 0.717) is 31.7 Å². The maximum atomic E-state index is 12.7. The van der Waals surface area contributed by atoms with E-state index >= 15 is 0 Å². The van der Waals surface area contributed by atoms with Crippen LogP contribution in [0, 0.1) is 0 Å². The van der Waals surface area contributed by atoms with Crippen LogP contribution in [-0.2, 0) is 6.18 Å². The Morgan fingerprint density at radius 3 is 2.42 bits per heavy atom. The van der Waals surface area contributed by atoms with Crippen molar-refractivity contribution >= 4 is 23.3 Å². The van der Waals surface area contributed by atoms with Gasteiger partial charge in [0.15, 0.2) is 0 Å². The van der Waals surface area contributed by atoms with E-state index in [-0.39, 0.29) is 22.3 Å². The van der Waals surface area contributed by atoms with Crippen molar-refractivity contribution in [3.05, 3.63) is 57.1 Å². The highest BCUT2D eigenvalue weighted by Crippen LogP contribution is 2.33. The summed E-state index contributed by atoms with van der Waals surface area (Å²) >= 11 is 5.96. The first-order valence-corrected chi connectivity index (χ1v) is 8.09. The number of carbonyl (C=O) groups excluding carboxylic acids is 1. The highest BCUT2D eigenvalue weighted by atomic mass is 35.5. The second-order valence-corrected chi connectivity index (χ2v) is 6.16. The molecule has 2 aromatic rings. The quantitative estimate of drug-likeness (QED) is 0.860. The summed E-state index contributed by atoms with van der Waals surface area (Å²) in [4.78, 5) is 33.1. The van der Waals surface area contributed by atoms with Crippen molar-refractivity contribution in [3.63, 3.8) is 0 Å². The SMILES string of the molecule is O=C(c1ccc(=O)[nH]c1)N1CCN(c2ncc(C(F)(F)F)cc2Cl)CC1. The van der Waals surface area contributed by atoms with Gasteiger partial charge in [-0.25, -0.2) is 4.98 Å². The number of halogens is 4. The topological polar surface area (TPSA) is 69.3 Å². The molecule has 0 aliphatic carbocycles. The number of aromatic amines is 1. The number of nitrogens with zero attached hydrogens (tertiary/aromatic N) is 3. The number of H-pyrrole nitrogens is 1. The van der Waals surface area contributed by atoms with Crippen LogP contribution in [0.1, 0.15) is 15.9 Å². The molecule has 1 aliphatic heterocycles. The number of pyridine rings is 2. The molecule has 1 N–H and O–H groups in total. The molecule has 10 heteroatoms. The van der Waals surface area contributed by atoms with Crippen molar-refractivity contribution in [2.45, 2.75) is 6.18 Å². The Bertz CT molecular complexity index is 856. The first-order valence-electron chi connectivity index (χ1n) is 7.71. The van der Waals surface area contributed by atoms with Crippen LogP contribution in [0.5, 0.6) is 0 Å². The molecule has 1 aliphatic rings. The zero-order valence-electron chi connectivity index (χ0n) is 13.4. The van der Waals surface area contributed by atoms with E-state index in [4.69, 9.17) is 11.6 Å². The van der Waals surface area contributed by atoms with Gasteiger partial charge in [0, 0.05) is 44.6 Å². The zero-order chi connectivity index (χ0) is 18.9. The Morgan fingerprint density at radius 1 is 1.19 bits per heavy atom. The fraction of sp³-hybridized carbons (Fsp3) is 0.312. The number of alkyl halides is 3. The van der Waals surface area contributed by atoms with Crippen molar-refractivity contribution in [2.24, 2.45) is 0 Å². The van der Waals surface area contributed by atoms with Crippen molar-refractivity contribution in [2.75, 3.05) is 31.1 Å². The van der Waals surface area contributed by atoms with E-state index in [9.17, 15) is 22.8 Å². The fourth-order valence-electron chi connectivity index (χ4n) is 2.67. The van der Waals surface area contributed by atoms with Crippen LogP contribution in [0.2, 0.25) is 5.02 Å². The molecule has 138 valence electrons. The second-order valence-electron chi connectivity index (χ2n) is 5.75. The zero-order valence-corrected chi connectivity index (χ0v) is 14.1. The van der Waals surface area contributed by atoms with Crippen molar-refractivity contribution < 1.29 is 18.0 Å². The van der Waals surface area contributed by atoms with E-state index in [1.807, 2.05) is 0 Å². The van der Waals surface area contributed by atoms with Crippen LogP contribution in [0.25, 0.3) is 0 Å². The lowest BCUT2D eigenvalue weighted by Gasteiger charge is -2.35. The molecular weight excluding hydrogens is 373 g/mol. The summed E-state index contributed by atoms with van der Waals surface area (Å²) in [5.41, 5.74) is -0.837. The lowest BCUT2D eigenvalue weighted by Crippen LogP contribution is -2.49. The van der Waals surface area contributed by atoms with Gasteiger partial charge in [0.05, 0.1) is 16.1 Å². The van der Waals surface area contributed by atoms with Crippen LogP contribution in [0.3, 0.4) is 0 Å². The molecule has 0 aromatic carbocycles. The molecular formula is C16H14ClF3N4O2. The highest BCUT2D eigenvalue weighted by Gasteiger charge is 2.32. The minimum Gasteiger partial charge on any atom is -0.352 e. The Balaban J connectivity index is 1.68. The third-order valence-corrected chi connectivity index (χ3v) is 4.32. The maximum absolute atomic E-state index is 12.7. The van der Waals surface area contributed by atoms with Crippen LogP contribution in [0.15, 0.2) is 35.4 Å². The Kier molecular flexibility index (Phi) is 4.90. The molecule has 0 saturated carbocycles. The van der Waals surface area contributed by atoms with Crippen molar-refractivity contribution in [1.29, 1.82) is 0 Å². The van der Waals surface area contributed by atoms with E-state index in [2.05, 4.69) is 9.97 Å². The number of aromatic nitrogens is 2. The second kappa shape index (κ2) is 6.99. The lowest BCUT2D eigenvalue weighted by molar-refractivity contribution is -0.137. The van der Waals surface area contributed by atoms with E-state index in [0.717, 1.165) is 12.3 Å². The van der Waals surface area contributed by atoms with Gasteiger partial charge < -0.3 is 14.8 Å². The van der Waals surface area contributed by atoms with Gasteiger partial charge in [-0.2, -0.15) is 13.2 Å². The molecule has 3 heterocycles. The van der Waals surface area contributed by atoms with Gasteiger partial charge in [0.2, 0.25) is 5.56 Å². The first kappa shape index (κ1) is 18.2. The molecule has 26 heavy (non-hydrogen) atoms. The van der Waals surface area contributed by atoms with Gasteiger partial charge in [0.1, 0.15) is 5.82 Å². The molecule has 0 radical (unpaired) electrons. The largest absolute Gasteiger partial charge is 0.417 e. The minimum absolute atomic E-state index is 0.0831. The van der Waals surface area contributed by atoms with Gasteiger partial charge >= 0.3 is 6.18 Å². The average Bonchev–Trinajstić information content (AvgIpc) is 2.61. The molecule has 0 atom stereocenters. The summed E-state index contributed by atoms with van der Waals surface area (Å²) < 4.78 is 38.1.